The molecule has 0 radical (unpaired) electrons. The SMILES string of the molecule is CCc1cc(-c2cncc3ccccc23)nc(N)n1. The van der Waals surface area contributed by atoms with Crippen molar-refractivity contribution in [1.82, 2.24) is 15.0 Å². The van der Waals surface area contributed by atoms with Crippen molar-refractivity contribution in [2.45, 2.75) is 13.3 Å². The number of nitrogens with zero attached hydrogens (tertiary/aromatic N) is 3. The Morgan fingerprint density at radius 3 is 2.79 bits per heavy atom. The minimum atomic E-state index is 0.308. The summed E-state index contributed by atoms with van der Waals surface area (Å²) in [5.74, 6) is 0.308. The number of fused-ring (bicyclic) bond motifs is 1. The first kappa shape index (κ1) is 11.6. The summed E-state index contributed by atoms with van der Waals surface area (Å²) in [6.45, 7) is 2.05. The van der Waals surface area contributed by atoms with Crippen molar-refractivity contribution in [3.05, 3.63) is 48.4 Å². The van der Waals surface area contributed by atoms with Crippen molar-refractivity contribution in [1.29, 1.82) is 0 Å². The third-order valence-electron chi connectivity index (χ3n) is 3.10. The highest BCUT2D eigenvalue weighted by Crippen LogP contribution is 2.26. The van der Waals surface area contributed by atoms with Crippen molar-refractivity contribution in [2.24, 2.45) is 0 Å². The third-order valence-corrected chi connectivity index (χ3v) is 3.10. The van der Waals surface area contributed by atoms with Crippen molar-refractivity contribution in [3.8, 4) is 11.3 Å². The predicted molar refractivity (Wildman–Crippen MR) is 76.6 cm³/mol. The lowest BCUT2D eigenvalue weighted by atomic mass is 10.0. The van der Waals surface area contributed by atoms with Crippen LogP contribution in [0.5, 0.6) is 0 Å². The molecule has 0 aliphatic rings. The standard InChI is InChI=1S/C15H14N4/c1-2-11-7-14(19-15(16)18-11)13-9-17-8-10-5-3-4-6-12(10)13/h3-9H,2H2,1H3,(H2,16,18,19). The van der Waals surface area contributed by atoms with Gasteiger partial charge in [-0.15, -0.1) is 0 Å². The Morgan fingerprint density at radius 2 is 1.95 bits per heavy atom. The highest BCUT2D eigenvalue weighted by molar-refractivity contribution is 5.94. The number of nitrogens with two attached hydrogens (primary N) is 1. The topological polar surface area (TPSA) is 64.7 Å². The van der Waals surface area contributed by atoms with Gasteiger partial charge in [0.25, 0.3) is 0 Å². The van der Waals surface area contributed by atoms with Crippen molar-refractivity contribution < 1.29 is 0 Å². The molecule has 0 aliphatic carbocycles. The molecule has 0 spiro atoms. The van der Waals surface area contributed by atoms with E-state index in [4.69, 9.17) is 5.73 Å². The van der Waals surface area contributed by atoms with E-state index in [0.29, 0.717) is 5.95 Å². The van der Waals surface area contributed by atoms with Gasteiger partial charge in [-0.2, -0.15) is 0 Å². The van der Waals surface area contributed by atoms with Gasteiger partial charge in [-0.1, -0.05) is 31.2 Å². The molecule has 19 heavy (non-hydrogen) atoms. The van der Waals surface area contributed by atoms with Crippen LogP contribution in [-0.4, -0.2) is 15.0 Å². The molecule has 3 rings (SSSR count). The van der Waals surface area contributed by atoms with E-state index in [1.54, 1.807) is 0 Å². The summed E-state index contributed by atoms with van der Waals surface area (Å²) < 4.78 is 0. The average Bonchev–Trinajstić information content (AvgIpc) is 2.46. The van der Waals surface area contributed by atoms with Gasteiger partial charge in [0.05, 0.1) is 5.69 Å². The minimum Gasteiger partial charge on any atom is -0.368 e. The summed E-state index contributed by atoms with van der Waals surface area (Å²) in [5, 5.41) is 2.22. The lowest BCUT2D eigenvalue weighted by Crippen LogP contribution is -2.00. The van der Waals surface area contributed by atoms with Gasteiger partial charge in [-0.25, -0.2) is 9.97 Å². The summed E-state index contributed by atoms with van der Waals surface area (Å²) >= 11 is 0. The number of hydrogen-bond donors (Lipinski definition) is 1. The fraction of sp³-hybridized carbons (Fsp3) is 0.133. The molecular formula is C15H14N4. The van der Waals surface area contributed by atoms with E-state index >= 15 is 0 Å². The van der Waals surface area contributed by atoms with Gasteiger partial charge in [-0.05, 0) is 17.9 Å². The zero-order chi connectivity index (χ0) is 13.2. The number of benzene rings is 1. The fourth-order valence-electron chi connectivity index (χ4n) is 2.16. The van der Waals surface area contributed by atoms with E-state index < -0.39 is 0 Å². The molecule has 3 aromatic rings. The second-order valence-corrected chi connectivity index (χ2v) is 4.36. The number of aryl methyl sites for hydroxylation is 1. The number of rotatable bonds is 2. The first-order valence-electron chi connectivity index (χ1n) is 6.24. The smallest absolute Gasteiger partial charge is 0.220 e. The second-order valence-electron chi connectivity index (χ2n) is 4.36. The molecular weight excluding hydrogens is 236 g/mol. The predicted octanol–water partition coefficient (Wildman–Crippen LogP) is 2.84. The largest absolute Gasteiger partial charge is 0.368 e. The van der Waals surface area contributed by atoms with Gasteiger partial charge in [0.1, 0.15) is 0 Å². The summed E-state index contributed by atoms with van der Waals surface area (Å²) in [7, 11) is 0. The molecule has 0 fully saturated rings. The molecule has 94 valence electrons. The van der Waals surface area contributed by atoms with Crippen molar-refractivity contribution in [3.63, 3.8) is 0 Å². The van der Waals surface area contributed by atoms with E-state index in [9.17, 15) is 0 Å². The first-order valence-corrected chi connectivity index (χ1v) is 6.24. The molecule has 0 saturated heterocycles. The van der Waals surface area contributed by atoms with Crippen LogP contribution in [0.15, 0.2) is 42.7 Å². The second kappa shape index (κ2) is 4.65. The van der Waals surface area contributed by atoms with Crippen LogP contribution in [0.2, 0.25) is 0 Å². The molecule has 0 bridgehead atoms. The Bertz CT molecular complexity index is 732. The highest BCUT2D eigenvalue weighted by Gasteiger charge is 2.08. The zero-order valence-electron chi connectivity index (χ0n) is 10.7. The van der Waals surface area contributed by atoms with Crippen LogP contribution < -0.4 is 5.73 Å². The monoisotopic (exact) mass is 250 g/mol. The van der Waals surface area contributed by atoms with Gasteiger partial charge < -0.3 is 5.73 Å². The minimum absolute atomic E-state index is 0.308. The molecule has 4 heteroatoms. The van der Waals surface area contributed by atoms with E-state index in [2.05, 4.69) is 21.0 Å². The first-order chi connectivity index (χ1) is 9.28. The number of anilines is 1. The molecule has 4 nitrogen and oxygen atoms in total. The Labute approximate surface area is 111 Å². The summed E-state index contributed by atoms with van der Waals surface area (Å²) in [5.41, 5.74) is 8.53. The van der Waals surface area contributed by atoms with Gasteiger partial charge in [0, 0.05) is 29.0 Å². The average molecular weight is 250 g/mol. The Balaban J connectivity index is 2.27. The van der Waals surface area contributed by atoms with Crippen LogP contribution in [0, 0.1) is 0 Å². The van der Waals surface area contributed by atoms with Crippen LogP contribution in [0.3, 0.4) is 0 Å². The summed E-state index contributed by atoms with van der Waals surface area (Å²) in [6, 6.07) is 10.1. The summed E-state index contributed by atoms with van der Waals surface area (Å²) in [4.78, 5) is 12.8. The molecule has 2 heterocycles. The lowest BCUT2D eigenvalue weighted by Gasteiger charge is -2.07. The molecule has 0 aliphatic heterocycles. The molecule has 1 aromatic carbocycles. The Hall–Kier alpha value is -2.49. The molecule has 0 saturated carbocycles. The van der Waals surface area contributed by atoms with E-state index in [0.717, 1.165) is 34.1 Å². The maximum Gasteiger partial charge on any atom is 0.220 e. The number of aromatic nitrogens is 3. The molecule has 2 aromatic heterocycles. The highest BCUT2D eigenvalue weighted by atomic mass is 15.0. The van der Waals surface area contributed by atoms with Gasteiger partial charge in [0.2, 0.25) is 5.95 Å². The van der Waals surface area contributed by atoms with Gasteiger partial charge in [0.15, 0.2) is 0 Å². The van der Waals surface area contributed by atoms with Crippen LogP contribution >= 0.6 is 0 Å². The van der Waals surface area contributed by atoms with E-state index in [-0.39, 0.29) is 0 Å². The molecule has 2 N–H and O–H groups in total. The quantitative estimate of drug-likeness (QED) is 0.759. The Morgan fingerprint density at radius 1 is 1.11 bits per heavy atom. The zero-order valence-corrected chi connectivity index (χ0v) is 10.7. The maximum absolute atomic E-state index is 5.77. The maximum atomic E-state index is 5.77. The third kappa shape index (κ3) is 2.12. The van der Waals surface area contributed by atoms with Crippen molar-refractivity contribution in [2.75, 3.05) is 5.73 Å². The van der Waals surface area contributed by atoms with Crippen LogP contribution in [0.1, 0.15) is 12.6 Å². The molecule has 0 amide bonds. The van der Waals surface area contributed by atoms with Gasteiger partial charge in [-0.3, -0.25) is 4.98 Å². The van der Waals surface area contributed by atoms with Crippen LogP contribution in [0.4, 0.5) is 5.95 Å². The van der Waals surface area contributed by atoms with E-state index in [1.807, 2.05) is 43.6 Å². The normalized spacial score (nSPS) is 10.8. The van der Waals surface area contributed by atoms with Crippen molar-refractivity contribution >= 4 is 16.7 Å². The Kier molecular flexibility index (Phi) is 2.83. The summed E-state index contributed by atoms with van der Waals surface area (Å²) in [6.07, 6.45) is 4.51. The number of hydrogen-bond acceptors (Lipinski definition) is 4. The number of pyridine rings is 1. The number of nitrogen functional groups attached to an aromatic ring is 1. The fourth-order valence-corrected chi connectivity index (χ4v) is 2.16. The lowest BCUT2D eigenvalue weighted by molar-refractivity contribution is 1.01. The van der Waals surface area contributed by atoms with Gasteiger partial charge >= 0.3 is 0 Å². The molecule has 0 unspecified atom stereocenters. The van der Waals surface area contributed by atoms with Crippen LogP contribution in [-0.2, 0) is 6.42 Å². The molecule has 0 atom stereocenters. The van der Waals surface area contributed by atoms with Crippen LogP contribution in [0.25, 0.3) is 22.0 Å². The van der Waals surface area contributed by atoms with E-state index in [1.165, 1.54) is 0 Å².